The molecule has 2 aliphatic rings. The van der Waals surface area contributed by atoms with E-state index in [-0.39, 0.29) is 12.5 Å². The van der Waals surface area contributed by atoms with Gasteiger partial charge in [-0.2, -0.15) is 0 Å². The molecule has 0 aromatic rings. The van der Waals surface area contributed by atoms with Crippen LogP contribution in [-0.4, -0.2) is 61.1 Å². The molecule has 1 amide bonds. The van der Waals surface area contributed by atoms with Crippen LogP contribution in [0.15, 0.2) is 0 Å². The minimum atomic E-state index is 0.175. The molecule has 0 aliphatic carbocycles. The highest BCUT2D eigenvalue weighted by atomic mass is 16.5. The van der Waals surface area contributed by atoms with E-state index in [1.54, 1.807) is 0 Å². The monoisotopic (exact) mass is 254 g/mol. The molecule has 2 fully saturated rings. The van der Waals surface area contributed by atoms with E-state index in [1.165, 1.54) is 32.4 Å². The van der Waals surface area contributed by atoms with Gasteiger partial charge in [0.2, 0.25) is 5.91 Å². The molecule has 2 rings (SSSR count). The van der Waals surface area contributed by atoms with E-state index < -0.39 is 0 Å². The SMILES string of the molecule is CCCCCOCC(=O)N1CCC(N2CCC2)C1. The van der Waals surface area contributed by atoms with Gasteiger partial charge in [-0.25, -0.2) is 0 Å². The molecular weight excluding hydrogens is 228 g/mol. The van der Waals surface area contributed by atoms with Gasteiger partial charge >= 0.3 is 0 Å². The number of amides is 1. The van der Waals surface area contributed by atoms with Gasteiger partial charge in [0.1, 0.15) is 6.61 Å². The quantitative estimate of drug-likeness (QED) is 0.645. The zero-order valence-corrected chi connectivity index (χ0v) is 11.6. The molecule has 104 valence electrons. The van der Waals surface area contributed by atoms with Gasteiger partial charge < -0.3 is 9.64 Å². The Morgan fingerprint density at radius 1 is 1.28 bits per heavy atom. The number of rotatable bonds is 7. The molecule has 0 aromatic carbocycles. The first-order valence-electron chi connectivity index (χ1n) is 7.41. The molecule has 0 saturated carbocycles. The number of unbranched alkanes of at least 4 members (excludes halogenated alkanes) is 2. The molecule has 2 saturated heterocycles. The lowest BCUT2D eigenvalue weighted by Gasteiger charge is -2.36. The highest BCUT2D eigenvalue weighted by Gasteiger charge is 2.32. The molecule has 1 atom stereocenters. The Morgan fingerprint density at radius 2 is 2.11 bits per heavy atom. The van der Waals surface area contributed by atoms with Crippen LogP contribution in [-0.2, 0) is 9.53 Å². The normalized spacial score (nSPS) is 24.3. The summed E-state index contributed by atoms with van der Waals surface area (Å²) in [6.07, 6.45) is 5.92. The van der Waals surface area contributed by atoms with Crippen LogP contribution in [0.2, 0.25) is 0 Å². The summed E-state index contributed by atoms with van der Waals surface area (Å²) in [5.74, 6) is 0.175. The largest absolute Gasteiger partial charge is 0.372 e. The third-order valence-electron chi connectivity index (χ3n) is 4.04. The van der Waals surface area contributed by atoms with Gasteiger partial charge in [-0.05, 0) is 32.4 Å². The third kappa shape index (κ3) is 3.69. The lowest BCUT2D eigenvalue weighted by atomic mass is 10.1. The smallest absolute Gasteiger partial charge is 0.248 e. The molecule has 18 heavy (non-hydrogen) atoms. The van der Waals surface area contributed by atoms with Crippen molar-refractivity contribution in [2.75, 3.05) is 39.4 Å². The Balaban J connectivity index is 1.58. The number of nitrogens with zero attached hydrogens (tertiary/aromatic N) is 2. The first-order valence-corrected chi connectivity index (χ1v) is 7.41. The summed E-state index contributed by atoms with van der Waals surface area (Å²) in [6, 6.07) is 0.614. The van der Waals surface area contributed by atoms with Crippen molar-refractivity contribution in [3.05, 3.63) is 0 Å². The van der Waals surface area contributed by atoms with Gasteiger partial charge in [-0.15, -0.1) is 0 Å². The number of carbonyl (C=O) groups is 1. The van der Waals surface area contributed by atoms with Gasteiger partial charge in [0.25, 0.3) is 0 Å². The first-order chi connectivity index (χ1) is 8.81. The summed E-state index contributed by atoms with van der Waals surface area (Å²) in [4.78, 5) is 16.4. The molecule has 0 aromatic heterocycles. The van der Waals surface area contributed by atoms with Crippen molar-refractivity contribution in [3.8, 4) is 0 Å². The summed E-state index contributed by atoms with van der Waals surface area (Å²) in [5, 5.41) is 0. The molecule has 4 nitrogen and oxygen atoms in total. The minimum absolute atomic E-state index is 0.175. The van der Waals surface area contributed by atoms with Crippen LogP contribution in [0.25, 0.3) is 0 Å². The van der Waals surface area contributed by atoms with Crippen molar-refractivity contribution in [2.24, 2.45) is 0 Å². The number of hydrogen-bond acceptors (Lipinski definition) is 3. The second-order valence-corrected chi connectivity index (χ2v) is 5.43. The maximum Gasteiger partial charge on any atom is 0.248 e. The molecule has 1 unspecified atom stereocenters. The van der Waals surface area contributed by atoms with Crippen molar-refractivity contribution in [1.82, 2.24) is 9.80 Å². The van der Waals surface area contributed by atoms with E-state index in [4.69, 9.17) is 4.74 Å². The van der Waals surface area contributed by atoms with Crippen LogP contribution in [0.3, 0.4) is 0 Å². The summed E-state index contributed by atoms with van der Waals surface area (Å²) in [7, 11) is 0. The highest BCUT2D eigenvalue weighted by Crippen LogP contribution is 2.20. The lowest BCUT2D eigenvalue weighted by molar-refractivity contribution is -0.135. The van der Waals surface area contributed by atoms with E-state index in [1.807, 2.05) is 4.90 Å². The number of ether oxygens (including phenoxy) is 1. The predicted octanol–water partition coefficient (Wildman–Crippen LogP) is 1.50. The summed E-state index contributed by atoms with van der Waals surface area (Å²) < 4.78 is 5.44. The maximum absolute atomic E-state index is 11.9. The van der Waals surface area contributed by atoms with Crippen molar-refractivity contribution in [1.29, 1.82) is 0 Å². The van der Waals surface area contributed by atoms with Crippen LogP contribution < -0.4 is 0 Å². The van der Waals surface area contributed by atoms with Crippen molar-refractivity contribution >= 4 is 5.91 Å². The van der Waals surface area contributed by atoms with E-state index in [0.29, 0.717) is 6.04 Å². The molecule has 0 spiro atoms. The molecule has 4 heteroatoms. The Labute approximate surface area is 110 Å². The molecule has 0 radical (unpaired) electrons. The van der Waals surface area contributed by atoms with Gasteiger partial charge in [0.15, 0.2) is 0 Å². The Hall–Kier alpha value is -0.610. The summed E-state index contributed by atoms with van der Waals surface area (Å²) in [5.41, 5.74) is 0. The van der Waals surface area contributed by atoms with Gasteiger partial charge in [-0.1, -0.05) is 19.8 Å². The topological polar surface area (TPSA) is 32.8 Å². The minimum Gasteiger partial charge on any atom is -0.372 e. The van der Waals surface area contributed by atoms with Crippen LogP contribution >= 0.6 is 0 Å². The average molecular weight is 254 g/mol. The predicted molar refractivity (Wildman–Crippen MR) is 71.5 cm³/mol. The molecule has 2 aliphatic heterocycles. The van der Waals surface area contributed by atoms with Crippen LogP contribution in [0.5, 0.6) is 0 Å². The van der Waals surface area contributed by atoms with Crippen LogP contribution in [0.1, 0.15) is 39.0 Å². The molecule has 0 N–H and O–H groups in total. The van der Waals surface area contributed by atoms with Gasteiger partial charge in [0.05, 0.1) is 0 Å². The zero-order chi connectivity index (χ0) is 12.8. The molecule has 2 heterocycles. The number of likely N-dealkylation sites (tertiary alicyclic amines) is 2. The van der Waals surface area contributed by atoms with Crippen molar-refractivity contribution < 1.29 is 9.53 Å². The second kappa shape index (κ2) is 7.10. The summed E-state index contributed by atoms with van der Waals surface area (Å²) >= 11 is 0. The Bertz CT molecular complexity index is 267. The van der Waals surface area contributed by atoms with Crippen molar-refractivity contribution in [3.63, 3.8) is 0 Å². The molecule has 0 bridgehead atoms. The highest BCUT2D eigenvalue weighted by molar-refractivity contribution is 5.77. The Kier molecular flexibility index (Phi) is 5.45. The van der Waals surface area contributed by atoms with Crippen LogP contribution in [0.4, 0.5) is 0 Å². The average Bonchev–Trinajstić information content (AvgIpc) is 2.75. The van der Waals surface area contributed by atoms with Crippen LogP contribution in [0, 0.1) is 0 Å². The fraction of sp³-hybridized carbons (Fsp3) is 0.929. The van der Waals surface area contributed by atoms with E-state index >= 15 is 0 Å². The maximum atomic E-state index is 11.9. The number of carbonyl (C=O) groups excluding carboxylic acids is 1. The zero-order valence-electron chi connectivity index (χ0n) is 11.6. The second-order valence-electron chi connectivity index (χ2n) is 5.43. The number of hydrogen-bond donors (Lipinski definition) is 0. The van der Waals surface area contributed by atoms with Crippen molar-refractivity contribution in [2.45, 2.75) is 45.1 Å². The van der Waals surface area contributed by atoms with E-state index in [0.717, 1.165) is 32.5 Å². The van der Waals surface area contributed by atoms with Gasteiger partial charge in [-0.3, -0.25) is 9.69 Å². The third-order valence-corrected chi connectivity index (χ3v) is 4.04. The summed E-state index contributed by atoms with van der Waals surface area (Å²) in [6.45, 7) is 7.45. The van der Waals surface area contributed by atoms with E-state index in [9.17, 15) is 4.79 Å². The molecular formula is C14H26N2O2. The van der Waals surface area contributed by atoms with E-state index in [2.05, 4.69) is 11.8 Å². The first kappa shape index (κ1) is 13.8. The fourth-order valence-corrected chi connectivity index (χ4v) is 2.68. The standard InChI is InChI=1S/C14H26N2O2/c1-2-3-4-10-18-12-14(17)16-9-6-13(11-16)15-7-5-8-15/h13H,2-12H2,1H3. The fourth-order valence-electron chi connectivity index (χ4n) is 2.68. The van der Waals surface area contributed by atoms with Gasteiger partial charge in [0, 0.05) is 25.7 Å². The Morgan fingerprint density at radius 3 is 2.78 bits per heavy atom. The lowest BCUT2D eigenvalue weighted by Crippen LogP contribution is -2.46.